The zero-order valence-electron chi connectivity index (χ0n) is 18.0. The van der Waals surface area contributed by atoms with Crippen molar-refractivity contribution in [3.05, 3.63) is 52.8 Å². The van der Waals surface area contributed by atoms with Gasteiger partial charge in [-0.1, -0.05) is 43.3 Å². The fourth-order valence-corrected chi connectivity index (χ4v) is 4.40. The zero-order valence-corrected chi connectivity index (χ0v) is 19.6. The predicted molar refractivity (Wildman–Crippen MR) is 123 cm³/mol. The number of thiazole rings is 1. The number of anilines is 1. The van der Waals surface area contributed by atoms with Crippen LogP contribution < -0.4 is 10.6 Å². The monoisotopic (exact) mass is 458 g/mol. The molecule has 3 rings (SSSR count). The summed E-state index contributed by atoms with van der Waals surface area (Å²) in [5.74, 6) is 0.681. The SMILES string of the molecule is CCn1c(SCC(=O)Nc2nccs2)nnc1[C@H](NC(=O)c1cccc(C)c1)C(C)C. The minimum atomic E-state index is -0.307. The van der Waals surface area contributed by atoms with E-state index in [0.717, 1.165) is 5.56 Å². The van der Waals surface area contributed by atoms with E-state index < -0.39 is 0 Å². The molecule has 0 saturated carbocycles. The van der Waals surface area contributed by atoms with Crippen LogP contribution in [-0.2, 0) is 11.3 Å². The quantitative estimate of drug-likeness (QED) is 0.471. The Bertz CT molecular complexity index is 1030. The van der Waals surface area contributed by atoms with Gasteiger partial charge >= 0.3 is 0 Å². The molecule has 2 heterocycles. The number of hydrogen-bond donors (Lipinski definition) is 2. The Morgan fingerprint density at radius 2 is 2.06 bits per heavy atom. The molecule has 0 saturated heterocycles. The third-order valence-corrected chi connectivity index (χ3v) is 6.24. The Hall–Kier alpha value is -2.72. The van der Waals surface area contributed by atoms with Gasteiger partial charge in [-0.2, -0.15) is 0 Å². The third-order valence-electron chi connectivity index (χ3n) is 4.58. The van der Waals surface area contributed by atoms with Gasteiger partial charge in [-0.15, -0.1) is 21.5 Å². The maximum Gasteiger partial charge on any atom is 0.251 e. The number of carbonyl (C=O) groups is 2. The first-order chi connectivity index (χ1) is 14.9. The Kier molecular flexibility index (Phi) is 7.80. The fourth-order valence-electron chi connectivity index (χ4n) is 3.04. The van der Waals surface area contributed by atoms with Crippen LogP contribution in [-0.4, -0.2) is 37.3 Å². The van der Waals surface area contributed by atoms with E-state index in [4.69, 9.17) is 0 Å². The van der Waals surface area contributed by atoms with Crippen molar-refractivity contribution in [3.8, 4) is 0 Å². The Balaban J connectivity index is 1.72. The van der Waals surface area contributed by atoms with E-state index in [2.05, 4.69) is 25.8 Å². The maximum atomic E-state index is 12.8. The summed E-state index contributed by atoms with van der Waals surface area (Å²) in [5.41, 5.74) is 1.64. The molecule has 0 spiro atoms. The molecule has 2 amide bonds. The first-order valence-corrected chi connectivity index (χ1v) is 11.9. The maximum absolute atomic E-state index is 12.8. The van der Waals surface area contributed by atoms with Gasteiger partial charge in [0.05, 0.1) is 11.8 Å². The second kappa shape index (κ2) is 10.5. The minimum Gasteiger partial charge on any atom is -0.342 e. The smallest absolute Gasteiger partial charge is 0.251 e. The van der Waals surface area contributed by atoms with Gasteiger partial charge in [0.25, 0.3) is 5.91 Å². The lowest BCUT2D eigenvalue weighted by molar-refractivity contribution is -0.113. The van der Waals surface area contributed by atoms with Gasteiger partial charge < -0.3 is 15.2 Å². The highest BCUT2D eigenvalue weighted by atomic mass is 32.2. The van der Waals surface area contributed by atoms with Gasteiger partial charge in [-0.25, -0.2) is 4.98 Å². The average Bonchev–Trinajstić information content (AvgIpc) is 3.39. The van der Waals surface area contributed by atoms with Crippen molar-refractivity contribution < 1.29 is 9.59 Å². The molecule has 0 fully saturated rings. The predicted octanol–water partition coefficient (Wildman–Crippen LogP) is 3.92. The van der Waals surface area contributed by atoms with E-state index in [0.29, 0.717) is 28.2 Å². The van der Waals surface area contributed by atoms with Crippen LogP contribution in [0.15, 0.2) is 41.0 Å². The number of hydrogen-bond acceptors (Lipinski definition) is 7. The Labute approximate surface area is 189 Å². The second-order valence-corrected chi connectivity index (χ2v) is 9.16. The molecule has 8 nitrogen and oxygen atoms in total. The van der Waals surface area contributed by atoms with Crippen LogP contribution in [0.2, 0.25) is 0 Å². The number of rotatable bonds is 9. The standard InChI is InChI=1S/C21H26N6O2S2/c1-5-27-18(17(13(2)3)24-19(29)15-8-6-7-14(4)11-15)25-26-21(27)31-12-16(28)23-20-22-9-10-30-20/h6-11,13,17H,5,12H2,1-4H3,(H,24,29)(H,22,23,28)/t17-/m1/s1. The van der Waals surface area contributed by atoms with Crippen LogP contribution in [0, 0.1) is 12.8 Å². The lowest BCUT2D eigenvalue weighted by Gasteiger charge is -2.22. The molecule has 0 bridgehead atoms. The number of thioether (sulfide) groups is 1. The van der Waals surface area contributed by atoms with Crippen molar-refractivity contribution in [2.45, 2.75) is 45.4 Å². The normalized spacial score (nSPS) is 12.0. The van der Waals surface area contributed by atoms with Crippen molar-refractivity contribution in [1.29, 1.82) is 0 Å². The van der Waals surface area contributed by atoms with Gasteiger partial charge in [0.1, 0.15) is 0 Å². The summed E-state index contributed by atoms with van der Waals surface area (Å²) in [4.78, 5) is 29.1. The minimum absolute atomic E-state index is 0.106. The number of amides is 2. The molecular formula is C21H26N6O2S2. The molecule has 1 atom stereocenters. The first kappa shape index (κ1) is 23.0. The summed E-state index contributed by atoms with van der Waals surface area (Å²) in [5, 5.41) is 17.5. The first-order valence-electron chi connectivity index (χ1n) is 10.0. The van der Waals surface area contributed by atoms with Crippen LogP contribution in [0.1, 0.15) is 48.6 Å². The van der Waals surface area contributed by atoms with Crippen LogP contribution in [0.4, 0.5) is 5.13 Å². The number of aryl methyl sites for hydroxylation is 1. The topological polar surface area (TPSA) is 102 Å². The molecule has 0 unspecified atom stereocenters. The lowest BCUT2D eigenvalue weighted by Crippen LogP contribution is -2.33. The van der Waals surface area contributed by atoms with Gasteiger partial charge in [-0.05, 0) is 31.9 Å². The molecule has 0 aliphatic carbocycles. The third kappa shape index (κ3) is 5.92. The molecule has 2 N–H and O–H groups in total. The summed E-state index contributed by atoms with van der Waals surface area (Å²) in [7, 11) is 0. The highest BCUT2D eigenvalue weighted by molar-refractivity contribution is 7.99. The van der Waals surface area contributed by atoms with E-state index in [9.17, 15) is 9.59 Å². The Morgan fingerprint density at radius 1 is 1.26 bits per heavy atom. The molecular weight excluding hydrogens is 432 g/mol. The van der Waals surface area contributed by atoms with Crippen molar-refractivity contribution >= 4 is 40.0 Å². The van der Waals surface area contributed by atoms with Crippen molar-refractivity contribution in [3.63, 3.8) is 0 Å². The average molecular weight is 459 g/mol. The number of carbonyl (C=O) groups excluding carboxylic acids is 2. The van der Waals surface area contributed by atoms with E-state index in [-0.39, 0.29) is 29.5 Å². The number of nitrogens with one attached hydrogen (secondary N) is 2. The number of nitrogens with zero attached hydrogens (tertiary/aromatic N) is 4. The summed E-state index contributed by atoms with van der Waals surface area (Å²) >= 11 is 2.68. The molecule has 0 aliphatic heterocycles. The molecule has 2 aromatic heterocycles. The van der Waals surface area contributed by atoms with Crippen LogP contribution >= 0.6 is 23.1 Å². The Morgan fingerprint density at radius 3 is 2.71 bits per heavy atom. The van der Waals surface area contributed by atoms with Crippen LogP contribution in [0.3, 0.4) is 0 Å². The molecule has 3 aromatic rings. The van der Waals surface area contributed by atoms with Crippen LogP contribution in [0.5, 0.6) is 0 Å². The van der Waals surface area contributed by atoms with Gasteiger partial charge in [0, 0.05) is 23.7 Å². The van der Waals surface area contributed by atoms with Gasteiger partial charge in [0.15, 0.2) is 16.1 Å². The molecule has 164 valence electrons. The fraction of sp³-hybridized carbons (Fsp3) is 0.381. The highest BCUT2D eigenvalue weighted by Crippen LogP contribution is 2.26. The molecule has 1 aromatic carbocycles. The van der Waals surface area contributed by atoms with Crippen molar-refractivity contribution in [1.82, 2.24) is 25.1 Å². The molecule has 0 radical (unpaired) electrons. The molecule has 31 heavy (non-hydrogen) atoms. The highest BCUT2D eigenvalue weighted by Gasteiger charge is 2.26. The van der Waals surface area contributed by atoms with Crippen LogP contribution in [0.25, 0.3) is 0 Å². The summed E-state index contributed by atoms with van der Waals surface area (Å²) in [6.45, 7) is 8.64. The van der Waals surface area contributed by atoms with E-state index in [1.807, 2.05) is 50.5 Å². The number of benzene rings is 1. The van der Waals surface area contributed by atoms with E-state index >= 15 is 0 Å². The van der Waals surface area contributed by atoms with Gasteiger partial charge in [0.2, 0.25) is 5.91 Å². The largest absolute Gasteiger partial charge is 0.342 e. The molecule has 0 aliphatic rings. The summed E-state index contributed by atoms with van der Waals surface area (Å²) < 4.78 is 1.95. The van der Waals surface area contributed by atoms with E-state index in [1.165, 1.54) is 23.1 Å². The molecule has 10 heteroatoms. The zero-order chi connectivity index (χ0) is 22.4. The van der Waals surface area contributed by atoms with E-state index in [1.54, 1.807) is 17.6 Å². The second-order valence-electron chi connectivity index (χ2n) is 7.32. The summed E-state index contributed by atoms with van der Waals surface area (Å²) in [6.07, 6.45) is 1.64. The van der Waals surface area contributed by atoms with Gasteiger partial charge in [-0.3, -0.25) is 9.59 Å². The van der Waals surface area contributed by atoms with Crippen molar-refractivity contribution in [2.75, 3.05) is 11.1 Å². The lowest BCUT2D eigenvalue weighted by atomic mass is 10.0. The van der Waals surface area contributed by atoms with Crippen molar-refractivity contribution in [2.24, 2.45) is 5.92 Å². The number of aromatic nitrogens is 4. The summed E-state index contributed by atoms with van der Waals surface area (Å²) in [6, 6.07) is 7.18.